The molecule has 142 valence electrons. The number of carbonyl (C=O) groups excluding carboxylic acids is 1. The molecule has 0 amide bonds. The van der Waals surface area contributed by atoms with Gasteiger partial charge in [0.2, 0.25) is 0 Å². The number of aromatic nitrogens is 1. The first kappa shape index (κ1) is 18.5. The SMILES string of the molecule is CCOC(=O)c1cc2c(N(C)C)ccc(/N=N/c3snc4ccccc34)c2s1. The van der Waals surface area contributed by atoms with Gasteiger partial charge < -0.3 is 9.64 Å². The molecule has 8 heteroatoms. The van der Waals surface area contributed by atoms with E-state index in [1.807, 2.05) is 61.5 Å². The summed E-state index contributed by atoms with van der Waals surface area (Å²) >= 11 is 2.70. The predicted molar refractivity (Wildman–Crippen MR) is 116 cm³/mol. The van der Waals surface area contributed by atoms with E-state index < -0.39 is 0 Å². The fraction of sp³-hybridized carbons (Fsp3) is 0.200. The lowest BCUT2D eigenvalue weighted by molar-refractivity contribution is 0.0532. The molecule has 0 aliphatic heterocycles. The van der Waals surface area contributed by atoms with Crippen molar-refractivity contribution in [3.05, 3.63) is 47.3 Å². The average molecular weight is 411 g/mol. The van der Waals surface area contributed by atoms with Crippen molar-refractivity contribution in [2.45, 2.75) is 6.92 Å². The second-order valence-electron chi connectivity index (χ2n) is 6.28. The van der Waals surface area contributed by atoms with Crippen molar-refractivity contribution in [2.75, 3.05) is 25.6 Å². The van der Waals surface area contributed by atoms with Crippen molar-refractivity contribution >= 4 is 66.2 Å². The number of nitrogens with zero attached hydrogens (tertiary/aromatic N) is 4. The smallest absolute Gasteiger partial charge is 0.348 e. The summed E-state index contributed by atoms with van der Waals surface area (Å²) in [5, 5.41) is 11.6. The highest BCUT2D eigenvalue weighted by molar-refractivity contribution is 7.21. The van der Waals surface area contributed by atoms with Gasteiger partial charge >= 0.3 is 5.97 Å². The van der Waals surface area contributed by atoms with E-state index in [1.165, 1.54) is 22.9 Å². The second-order valence-corrected chi connectivity index (χ2v) is 8.08. The number of anilines is 1. The van der Waals surface area contributed by atoms with Crippen molar-refractivity contribution in [3.8, 4) is 0 Å². The minimum absolute atomic E-state index is 0.315. The van der Waals surface area contributed by atoms with Crippen LogP contribution in [0.2, 0.25) is 0 Å². The van der Waals surface area contributed by atoms with Gasteiger partial charge in [-0.15, -0.1) is 21.6 Å². The van der Waals surface area contributed by atoms with Crippen molar-refractivity contribution in [1.82, 2.24) is 4.37 Å². The van der Waals surface area contributed by atoms with Gasteiger partial charge in [0.15, 0.2) is 5.00 Å². The molecule has 0 saturated heterocycles. The van der Waals surface area contributed by atoms with E-state index in [2.05, 4.69) is 14.6 Å². The van der Waals surface area contributed by atoms with Crippen LogP contribution in [0.3, 0.4) is 0 Å². The Balaban J connectivity index is 1.80. The highest BCUT2D eigenvalue weighted by Crippen LogP contribution is 2.41. The fourth-order valence-electron chi connectivity index (χ4n) is 2.91. The lowest BCUT2D eigenvalue weighted by atomic mass is 10.2. The van der Waals surface area contributed by atoms with Crippen LogP contribution in [0.4, 0.5) is 16.4 Å². The van der Waals surface area contributed by atoms with Crippen LogP contribution in [0.25, 0.3) is 21.0 Å². The van der Waals surface area contributed by atoms with Crippen LogP contribution in [0.1, 0.15) is 16.6 Å². The molecular formula is C20H18N4O2S2. The largest absolute Gasteiger partial charge is 0.462 e. The number of hydrogen-bond donors (Lipinski definition) is 0. The number of hydrogen-bond acceptors (Lipinski definition) is 8. The maximum Gasteiger partial charge on any atom is 0.348 e. The molecule has 0 saturated carbocycles. The van der Waals surface area contributed by atoms with Crippen molar-refractivity contribution in [2.24, 2.45) is 10.2 Å². The number of esters is 1. The summed E-state index contributed by atoms with van der Waals surface area (Å²) in [6.45, 7) is 2.15. The van der Waals surface area contributed by atoms with E-state index in [0.717, 1.165) is 37.4 Å². The van der Waals surface area contributed by atoms with Crippen LogP contribution >= 0.6 is 22.9 Å². The van der Waals surface area contributed by atoms with Gasteiger partial charge in [0.1, 0.15) is 10.6 Å². The third-order valence-electron chi connectivity index (χ3n) is 4.21. The molecule has 4 rings (SSSR count). The Morgan fingerprint density at radius 2 is 1.96 bits per heavy atom. The van der Waals surface area contributed by atoms with Crippen LogP contribution in [0.15, 0.2) is 52.7 Å². The zero-order valence-electron chi connectivity index (χ0n) is 15.7. The van der Waals surface area contributed by atoms with Crippen LogP contribution in [-0.4, -0.2) is 31.0 Å². The number of rotatable bonds is 5. The first-order valence-corrected chi connectivity index (χ1v) is 10.3. The third kappa shape index (κ3) is 3.36. The van der Waals surface area contributed by atoms with E-state index in [1.54, 1.807) is 6.92 Å². The summed E-state index contributed by atoms with van der Waals surface area (Å²) in [7, 11) is 3.95. The van der Waals surface area contributed by atoms with Crippen molar-refractivity contribution in [1.29, 1.82) is 0 Å². The molecule has 0 aliphatic rings. The molecule has 0 atom stereocenters. The molecule has 2 aromatic carbocycles. The number of fused-ring (bicyclic) bond motifs is 2. The van der Waals surface area contributed by atoms with Gasteiger partial charge in [0, 0.05) is 30.6 Å². The van der Waals surface area contributed by atoms with Gasteiger partial charge in [-0.2, -0.15) is 4.37 Å². The van der Waals surface area contributed by atoms with Crippen molar-refractivity contribution in [3.63, 3.8) is 0 Å². The molecule has 0 bridgehead atoms. The van der Waals surface area contributed by atoms with Crippen LogP contribution in [-0.2, 0) is 4.74 Å². The lowest BCUT2D eigenvalue weighted by Gasteiger charge is -2.14. The molecule has 4 aromatic rings. The monoisotopic (exact) mass is 410 g/mol. The second kappa shape index (κ2) is 7.65. The number of benzene rings is 2. The Hall–Kier alpha value is -2.84. The minimum atomic E-state index is -0.315. The Labute approximate surface area is 170 Å². The van der Waals surface area contributed by atoms with E-state index in [9.17, 15) is 4.79 Å². The molecular weight excluding hydrogens is 392 g/mol. The minimum Gasteiger partial charge on any atom is -0.462 e. The quantitative estimate of drug-likeness (QED) is 0.291. The van der Waals surface area contributed by atoms with Gasteiger partial charge in [-0.1, -0.05) is 12.1 Å². The zero-order valence-corrected chi connectivity index (χ0v) is 17.3. The van der Waals surface area contributed by atoms with E-state index in [4.69, 9.17) is 4.74 Å². The average Bonchev–Trinajstić information content (AvgIpc) is 3.31. The summed E-state index contributed by atoms with van der Waals surface area (Å²) in [6, 6.07) is 13.6. The Morgan fingerprint density at radius 3 is 2.75 bits per heavy atom. The van der Waals surface area contributed by atoms with E-state index in [0.29, 0.717) is 11.5 Å². The molecule has 6 nitrogen and oxygen atoms in total. The third-order valence-corrected chi connectivity index (χ3v) is 6.11. The molecule has 0 aliphatic carbocycles. The first-order valence-electron chi connectivity index (χ1n) is 8.75. The van der Waals surface area contributed by atoms with Gasteiger partial charge in [-0.3, -0.25) is 0 Å². The Bertz CT molecular complexity index is 1190. The van der Waals surface area contributed by atoms with E-state index >= 15 is 0 Å². The van der Waals surface area contributed by atoms with Gasteiger partial charge in [0.25, 0.3) is 0 Å². The van der Waals surface area contributed by atoms with Crippen LogP contribution in [0, 0.1) is 0 Å². The summed E-state index contributed by atoms with van der Waals surface area (Å²) in [5.41, 5.74) is 2.65. The highest BCUT2D eigenvalue weighted by Gasteiger charge is 2.17. The normalized spacial score (nSPS) is 11.5. The van der Waals surface area contributed by atoms with E-state index in [-0.39, 0.29) is 5.97 Å². The fourth-order valence-corrected chi connectivity index (χ4v) is 4.63. The molecule has 0 radical (unpaired) electrons. The number of carbonyl (C=O) groups is 1. The zero-order chi connectivity index (χ0) is 19.7. The molecule has 0 fully saturated rings. The summed E-state index contributed by atoms with van der Waals surface area (Å²) in [5.74, 6) is -0.315. The number of azo groups is 1. The molecule has 2 aromatic heterocycles. The molecule has 28 heavy (non-hydrogen) atoms. The lowest BCUT2D eigenvalue weighted by Crippen LogP contribution is -2.08. The first-order chi connectivity index (χ1) is 13.6. The summed E-state index contributed by atoms with van der Waals surface area (Å²) in [4.78, 5) is 14.8. The van der Waals surface area contributed by atoms with Crippen LogP contribution < -0.4 is 4.90 Å². The highest BCUT2D eigenvalue weighted by atomic mass is 32.1. The Kier molecular flexibility index (Phi) is 5.06. The summed E-state index contributed by atoms with van der Waals surface area (Å²) < 4.78 is 10.5. The standard InChI is InChI=1S/C20H18N4O2S2/c1-4-26-20(25)17-11-13-16(24(2)3)10-9-15(18(13)27-17)21-22-19-12-7-5-6-8-14(12)23-28-19/h5-11H,4H2,1-3H3/b22-21+. The number of ether oxygens (including phenoxy) is 1. The molecule has 0 N–H and O–H groups in total. The maximum absolute atomic E-state index is 12.2. The molecule has 2 heterocycles. The number of thiophene rings is 1. The van der Waals surface area contributed by atoms with Crippen molar-refractivity contribution < 1.29 is 9.53 Å². The molecule has 0 spiro atoms. The van der Waals surface area contributed by atoms with Gasteiger partial charge in [-0.05, 0) is 48.8 Å². The van der Waals surface area contributed by atoms with Gasteiger partial charge in [-0.25, -0.2) is 4.79 Å². The van der Waals surface area contributed by atoms with Crippen LogP contribution in [0.5, 0.6) is 0 Å². The Morgan fingerprint density at radius 1 is 1.14 bits per heavy atom. The van der Waals surface area contributed by atoms with Gasteiger partial charge in [0.05, 0.1) is 16.8 Å². The maximum atomic E-state index is 12.2. The predicted octanol–water partition coefficient (Wildman–Crippen LogP) is 6.17. The topological polar surface area (TPSA) is 67.2 Å². The summed E-state index contributed by atoms with van der Waals surface area (Å²) in [6.07, 6.45) is 0. The molecule has 0 unspecified atom stereocenters.